The lowest BCUT2D eigenvalue weighted by atomic mass is 9.64. The largest absolute Gasteiger partial charge is 0.377 e. The standard InChI is InChI=1S/C15H29NO/c1-10(2)9-17-13-7-11(15(13,5)6)16-12-8-14(12,3)4/h10-13,16H,7-9H2,1-6H3. The highest BCUT2D eigenvalue weighted by molar-refractivity contribution is 5.09. The van der Waals surface area contributed by atoms with Gasteiger partial charge in [0.1, 0.15) is 0 Å². The average Bonchev–Trinajstić information content (AvgIpc) is 2.78. The molecule has 2 nitrogen and oxygen atoms in total. The Morgan fingerprint density at radius 3 is 2.18 bits per heavy atom. The molecule has 2 rings (SSSR count). The van der Waals surface area contributed by atoms with Crippen LogP contribution < -0.4 is 5.32 Å². The molecule has 0 spiro atoms. The molecule has 3 unspecified atom stereocenters. The van der Waals surface area contributed by atoms with Crippen molar-refractivity contribution in [3.8, 4) is 0 Å². The van der Waals surface area contributed by atoms with Gasteiger partial charge in [0.2, 0.25) is 0 Å². The second kappa shape index (κ2) is 4.24. The first-order chi connectivity index (χ1) is 7.73. The highest BCUT2D eigenvalue weighted by Crippen LogP contribution is 2.49. The highest BCUT2D eigenvalue weighted by atomic mass is 16.5. The molecule has 0 saturated heterocycles. The third-order valence-corrected chi connectivity index (χ3v) is 4.72. The van der Waals surface area contributed by atoms with Crippen molar-refractivity contribution >= 4 is 0 Å². The Morgan fingerprint density at radius 2 is 1.76 bits per heavy atom. The quantitative estimate of drug-likeness (QED) is 0.795. The predicted octanol–water partition coefficient (Wildman–Crippen LogP) is 3.21. The van der Waals surface area contributed by atoms with E-state index in [0.717, 1.165) is 12.6 Å². The van der Waals surface area contributed by atoms with Crippen LogP contribution in [0.25, 0.3) is 0 Å². The summed E-state index contributed by atoms with van der Waals surface area (Å²) in [6.45, 7) is 14.7. The van der Waals surface area contributed by atoms with E-state index in [-0.39, 0.29) is 0 Å². The van der Waals surface area contributed by atoms with E-state index in [9.17, 15) is 0 Å². The van der Waals surface area contributed by atoms with Crippen molar-refractivity contribution in [3.63, 3.8) is 0 Å². The van der Waals surface area contributed by atoms with Crippen molar-refractivity contribution in [2.45, 2.75) is 72.6 Å². The summed E-state index contributed by atoms with van der Waals surface area (Å²) in [4.78, 5) is 0. The molecule has 0 aromatic carbocycles. The van der Waals surface area contributed by atoms with Crippen molar-refractivity contribution in [2.75, 3.05) is 6.61 Å². The Labute approximate surface area is 107 Å². The Hall–Kier alpha value is -0.0800. The lowest BCUT2D eigenvalue weighted by molar-refractivity contribution is -0.124. The summed E-state index contributed by atoms with van der Waals surface area (Å²) >= 11 is 0. The number of nitrogens with one attached hydrogen (secondary N) is 1. The van der Waals surface area contributed by atoms with Crippen LogP contribution in [-0.2, 0) is 4.74 Å². The maximum absolute atomic E-state index is 6.00. The number of ether oxygens (including phenoxy) is 1. The van der Waals surface area contributed by atoms with Crippen LogP contribution in [-0.4, -0.2) is 24.8 Å². The third kappa shape index (κ3) is 2.68. The van der Waals surface area contributed by atoms with Gasteiger partial charge in [-0.05, 0) is 24.2 Å². The van der Waals surface area contributed by atoms with E-state index in [4.69, 9.17) is 4.74 Å². The van der Waals surface area contributed by atoms with Crippen LogP contribution in [0.4, 0.5) is 0 Å². The van der Waals surface area contributed by atoms with Gasteiger partial charge in [-0.1, -0.05) is 41.5 Å². The minimum absolute atomic E-state index is 0.299. The Balaban J connectivity index is 1.77. The monoisotopic (exact) mass is 239 g/mol. The molecule has 2 heteroatoms. The van der Waals surface area contributed by atoms with Crippen molar-refractivity contribution in [2.24, 2.45) is 16.7 Å². The first kappa shape index (κ1) is 13.4. The summed E-state index contributed by atoms with van der Waals surface area (Å²) in [6.07, 6.45) is 2.97. The zero-order valence-corrected chi connectivity index (χ0v) is 12.3. The van der Waals surface area contributed by atoms with Crippen LogP contribution in [0.5, 0.6) is 0 Å². The molecule has 2 aliphatic carbocycles. The van der Waals surface area contributed by atoms with Crippen molar-refractivity contribution in [1.29, 1.82) is 0 Å². The van der Waals surface area contributed by atoms with E-state index < -0.39 is 0 Å². The lowest BCUT2D eigenvalue weighted by Crippen LogP contribution is -2.61. The molecule has 0 heterocycles. The van der Waals surface area contributed by atoms with Crippen LogP contribution in [0.2, 0.25) is 0 Å². The fourth-order valence-electron chi connectivity index (χ4n) is 2.75. The lowest BCUT2D eigenvalue weighted by Gasteiger charge is -2.52. The van der Waals surface area contributed by atoms with E-state index in [1.807, 2.05) is 0 Å². The van der Waals surface area contributed by atoms with Gasteiger partial charge < -0.3 is 10.1 Å². The second-order valence-corrected chi connectivity index (χ2v) is 7.74. The van der Waals surface area contributed by atoms with Crippen LogP contribution in [0.15, 0.2) is 0 Å². The van der Waals surface area contributed by atoms with Crippen LogP contribution in [0, 0.1) is 16.7 Å². The maximum atomic E-state index is 6.00. The molecule has 3 atom stereocenters. The molecule has 100 valence electrons. The highest BCUT2D eigenvalue weighted by Gasteiger charge is 2.54. The van der Waals surface area contributed by atoms with Crippen LogP contribution in [0.3, 0.4) is 0 Å². The second-order valence-electron chi connectivity index (χ2n) is 7.74. The average molecular weight is 239 g/mol. The zero-order valence-electron chi connectivity index (χ0n) is 12.3. The SMILES string of the molecule is CC(C)COC1CC(NC2CC2(C)C)C1(C)C. The molecule has 1 N–H and O–H groups in total. The van der Waals surface area contributed by atoms with E-state index in [2.05, 4.69) is 46.9 Å². The first-order valence-electron chi connectivity index (χ1n) is 7.11. The molecular weight excluding hydrogens is 210 g/mol. The van der Waals surface area contributed by atoms with Crippen molar-refractivity contribution < 1.29 is 4.74 Å². The van der Waals surface area contributed by atoms with Crippen molar-refractivity contribution in [1.82, 2.24) is 5.32 Å². The molecule has 0 amide bonds. The molecule has 2 fully saturated rings. The van der Waals surface area contributed by atoms with E-state index in [1.165, 1.54) is 12.8 Å². The summed E-state index contributed by atoms with van der Waals surface area (Å²) in [5, 5.41) is 3.81. The topological polar surface area (TPSA) is 21.3 Å². The smallest absolute Gasteiger partial charge is 0.0656 e. The van der Waals surface area contributed by atoms with Gasteiger partial charge in [0.15, 0.2) is 0 Å². The van der Waals surface area contributed by atoms with Gasteiger partial charge in [-0.25, -0.2) is 0 Å². The molecular formula is C15H29NO. The van der Waals surface area contributed by atoms with E-state index in [0.29, 0.717) is 28.9 Å². The van der Waals surface area contributed by atoms with Gasteiger partial charge in [-0.15, -0.1) is 0 Å². The Bertz CT molecular complexity index is 283. The zero-order chi connectivity index (χ0) is 12.8. The molecule has 0 aromatic heterocycles. The van der Waals surface area contributed by atoms with Gasteiger partial charge in [0, 0.05) is 24.1 Å². The number of rotatable bonds is 5. The van der Waals surface area contributed by atoms with Gasteiger partial charge in [-0.2, -0.15) is 0 Å². The van der Waals surface area contributed by atoms with Crippen LogP contribution >= 0.6 is 0 Å². The summed E-state index contributed by atoms with van der Waals surface area (Å²) in [5.41, 5.74) is 0.827. The molecule has 0 radical (unpaired) electrons. The Morgan fingerprint density at radius 1 is 1.18 bits per heavy atom. The molecule has 2 saturated carbocycles. The summed E-state index contributed by atoms with van der Waals surface area (Å²) < 4.78 is 6.00. The minimum atomic E-state index is 0.299. The molecule has 17 heavy (non-hydrogen) atoms. The van der Waals surface area contributed by atoms with Gasteiger partial charge >= 0.3 is 0 Å². The summed E-state index contributed by atoms with van der Waals surface area (Å²) in [5.74, 6) is 0.639. The van der Waals surface area contributed by atoms with Gasteiger partial charge in [0.25, 0.3) is 0 Å². The molecule has 2 aliphatic rings. The maximum Gasteiger partial charge on any atom is 0.0656 e. The predicted molar refractivity (Wildman–Crippen MR) is 72.1 cm³/mol. The first-order valence-corrected chi connectivity index (χ1v) is 7.11. The summed E-state index contributed by atoms with van der Waals surface area (Å²) in [7, 11) is 0. The Kier molecular flexibility index (Phi) is 3.33. The number of hydrogen-bond acceptors (Lipinski definition) is 2. The van der Waals surface area contributed by atoms with E-state index in [1.54, 1.807) is 0 Å². The summed E-state index contributed by atoms with van der Waals surface area (Å²) in [6, 6.07) is 1.38. The third-order valence-electron chi connectivity index (χ3n) is 4.72. The van der Waals surface area contributed by atoms with Crippen LogP contribution in [0.1, 0.15) is 54.4 Å². The molecule has 0 aromatic rings. The fourth-order valence-corrected chi connectivity index (χ4v) is 2.75. The fraction of sp³-hybridized carbons (Fsp3) is 1.00. The number of hydrogen-bond donors (Lipinski definition) is 1. The van der Waals surface area contributed by atoms with Crippen molar-refractivity contribution in [3.05, 3.63) is 0 Å². The molecule has 0 bridgehead atoms. The van der Waals surface area contributed by atoms with E-state index >= 15 is 0 Å². The van der Waals surface area contributed by atoms with Gasteiger partial charge in [0.05, 0.1) is 6.10 Å². The van der Waals surface area contributed by atoms with Gasteiger partial charge in [-0.3, -0.25) is 0 Å². The minimum Gasteiger partial charge on any atom is -0.377 e. The molecule has 0 aliphatic heterocycles. The normalized spacial score (nSPS) is 37.9.